The third-order valence-electron chi connectivity index (χ3n) is 3.78. The molecule has 0 bridgehead atoms. The van der Waals surface area contributed by atoms with E-state index in [0.29, 0.717) is 12.6 Å². The zero-order valence-electron chi connectivity index (χ0n) is 11.9. The van der Waals surface area contributed by atoms with Crippen LogP contribution in [0, 0.1) is 0 Å². The van der Waals surface area contributed by atoms with Gasteiger partial charge in [-0.1, -0.05) is 38.7 Å². The fourth-order valence-electron chi connectivity index (χ4n) is 2.71. The topological polar surface area (TPSA) is 32.3 Å². The molecule has 1 aliphatic heterocycles. The third-order valence-corrected chi connectivity index (χ3v) is 4.70. The molecule has 1 aromatic heterocycles. The van der Waals surface area contributed by atoms with Crippen molar-refractivity contribution in [3.63, 3.8) is 0 Å². The summed E-state index contributed by atoms with van der Waals surface area (Å²) in [6.07, 6.45) is 6.25. The van der Waals surface area contributed by atoms with Crippen molar-refractivity contribution in [2.24, 2.45) is 0 Å². The molecular formula is C15H24N2OS. The molecule has 19 heavy (non-hydrogen) atoms. The van der Waals surface area contributed by atoms with Gasteiger partial charge in [0.05, 0.1) is 6.54 Å². The van der Waals surface area contributed by atoms with Gasteiger partial charge >= 0.3 is 0 Å². The van der Waals surface area contributed by atoms with Gasteiger partial charge in [-0.2, -0.15) is 0 Å². The molecule has 1 aromatic rings. The molecule has 1 amide bonds. The van der Waals surface area contributed by atoms with Crippen molar-refractivity contribution in [2.75, 3.05) is 6.54 Å². The first kappa shape index (κ1) is 14.5. The average molecular weight is 280 g/mol. The largest absolute Gasteiger partial charge is 0.318 e. The molecule has 0 radical (unpaired) electrons. The lowest BCUT2D eigenvalue weighted by Gasteiger charge is -2.30. The Kier molecular flexibility index (Phi) is 5.40. The number of thiophene rings is 1. The summed E-state index contributed by atoms with van der Waals surface area (Å²) in [5.41, 5.74) is 0. The van der Waals surface area contributed by atoms with Crippen LogP contribution in [-0.4, -0.2) is 23.4 Å². The maximum absolute atomic E-state index is 12.1. The van der Waals surface area contributed by atoms with Crippen LogP contribution in [0.3, 0.4) is 0 Å². The highest BCUT2D eigenvalue weighted by atomic mass is 32.1. The van der Waals surface area contributed by atoms with E-state index in [4.69, 9.17) is 0 Å². The number of unbranched alkanes of at least 4 members (excludes halogenated alkanes) is 3. The minimum Gasteiger partial charge on any atom is -0.318 e. The van der Waals surface area contributed by atoms with Gasteiger partial charge in [0.1, 0.15) is 6.17 Å². The Labute approximate surface area is 120 Å². The smallest absolute Gasteiger partial charge is 0.238 e. The Morgan fingerprint density at radius 3 is 3.00 bits per heavy atom. The fraction of sp³-hybridized carbons (Fsp3) is 0.667. The molecule has 3 nitrogen and oxygen atoms in total. The summed E-state index contributed by atoms with van der Waals surface area (Å²) in [5.74, 6) is 0.237. The Morgan fingerprint density at radius 1 is 1.47 bits per heavy atom. The molecule has 2 atom stereocenters. The lowest BCUT2D eigenvalue weighted by Crippen LogP contribution is -2.37. The molecule has 0 spiro atoms. The first-order chi connectivity index (χ1) is 9.24. The summed E-state index contributed by atoms with van der Waals surface area (Å²) < 4.78 is 0. The van der Waals surface area contributed by atoms with Crippen LogP contribution < -0.4 is 5.32 Å². The van der Waals surface area contributed by atoms with Gasteiger partial charge in [0, 0.05) is 10.9 Å². The summed E-state index contributed by atoms with van der Waals surface area (Å²) in [4.78, 5) is 15.4. The van der Waals surface area contributed by atoms with E-state index in [2.05, 4.69) is 36.7 Å². The van der Waals surface area contributed by atoms with Gasteiger partial charge < -0.3 is 4.90 Å². The van der Waals surface area contributed by atoms with Crippen LogP contribution in [0.2, 0.25) is 0 Å². The van der Waals surface area contributed by atoms with Gasteiger partial charge in [0.15, 0.2) is 0 Å². The Morgan fingerprint density at radius 2 is 2.32 bits per heavy atom. The van der Waals surface area contributed by atoms with Gasteiger partial charge in [-0.05, 0) is 24.8 Å². The number of hydrogen-bond acceptors (Lipinski definition) is 3. The summed E-state index contributed by atoms with van der Waals surface area (Å²) in [5, 5.41) is 5.40. The SMILES string of the molecule is CCCCCCC(C)N1C(=O)CNC1c1cccs1. The standard InChI is InChI=1S/C15H24N2OS/c1-3-4-5-6-8-12(2)17-14(18)11-16-15(17)13-9-7-10-19-13/h7,9-10,12,15-16H,3-6,8,11H2,1-2H3. The summed E-state index contributed by atoms with van der Waals surface area (Å²) >= 11 is 1.72. The van der Waals surface area contributed by atoms with Crippen molar-refractivity contribution in [1.82, 2.24) is 10.2 Å². The summed E-state index contributed by atoms with van der Waals surface area (Å²) in [6, 6.07) is 4.48. The maximum atomic E-state index is 12.1. The van der Waals surface area contributed by atoms with E-state index in [9.17, 15) is 4.79 Å². The molecule has 2 unspecified atom stereocenters. The predicted molar refractivity (Wildman–Crippen MR) is 80.1 cm³/mol. The van der Waals surface area contributed by atoms with Gasteiger partial charge in [0.25, 0.3) is 0 Å². The number of amides is 1. The average Bonchev–Trinajstić information content (AvgIpc) is 3.03. The first-order valence-electron chi connectivity index (χ1n) is 7.32. The minimum atomic E-state index is 0.0914. The monoisotopic (exact) mass is 280 g/mol. The quantitative estimate of drug-likeness (QED) is 0.775. The lowest BCUT2D eigenvalue weighted by atomic mass is 10.1. The van der Waals surface area contributed by atoms with E-state index >= 15 is 0 Å². The second kappa shape index (κ2) is 7.06. The summed E-state index contributed by atoms with van der Waals surface area (Å²) in [7, 11) is 0. The van der Waals surface area contributed by atoms with Crippen LogP contribution in [0.1, 0.15) is 57.0 Å². The van der Waals surface area contributed by atoms with Crippen LogP contribution in [0.5, 0.6) is 0 Å². The second-order valence-corrected chi connectivity index (χ2v) is 6.28. The van der Waals surface area contributed by atoms with Crippen molar-refractivity contribution in [3.8, 4) is 0 Å². The molecule has 0 saturated carbocycles. The Balaban J connectivity index is 1.93. The number of nitrogens with zero attached hydrogens (tertiary/aromatic N) is 1. The Bertz CT molecular complexity index is 391. The van der Waals surface area contributed by atoms with Gasteiger partial charge in [-0.15, -0.1) is 11.3 Å². The molecule has 0 aliphatic carbocycles. The van der Waals surface area contributed by atoms with Gasteiger partial charge in [0.2, 0.25) is 5.91 Å². The van der Waals surface area contributed by atoms with E-state index in [1.807, 2.05) is 4.90 Å². The normalized spacial score (nSPS) is 21.1. The lowest BCUT2D eigenvalue weighted by molar-refractivity contribution is -0.130. The second-order valence-electron chi connectivity index (χ2n) is 5.30. The van der Waals surface area contributed by atoms with E-state index in [0.717, 1.165) is 6.42 Å². The first-order valence-corrected chi connectivity index (χ1v) is 8.20. The molecule has 2 heterocycles. The van der Waals surface area contributed by atoms with Crippen LogP contribution in [0.15, 0.2) is 17.5 Å². The molecule has 0 aromatic carbocycles. The van der Waals surface area contributed by atoms with Crippen molar-refractivity contribution < 1.29 is 4.79 Å². The van der Waals surface area contributed by atoms with Crippen molar-refractivity contribution >= 4 is 17.2 Å². The van der Waals surface area contributed by atoms with E-state index < -0.39 is 0 Å². The highest BCUT2D eigenvalue weighted by Gasteiger charge is 2.35. The van der Waals surface area contributed by atoms with Crippen LogP contribution in [-0.2, 0) is 4.79 Å². The van der Waals surface area contributed by atoms with E-state index in [1.54, 1.807) is 11.3 Å². The minimum absolute atomic E-state index is 0.0914. The number of carbonyl (C=O) groups excluding carboxylic acids is 1. The molecule has 106 valence electrons. The van der Waals surface area contributed by atoms with Crippen molar-refractivity contribution in [2.45, 2.75) is 58.2 Å². The predicted octanol–water partition coefficient (Wildman–Crippen LogP) is 3.54. The van der Waals surface area contributed by atoms with Crippen LogP contribution >= 0.6 is 11.3 Å². The number of rotatable bonds is 7. The molecule has 1 fully saturated rings. The number of hydrogen-bond donors (Lipinski definition) is 1. The third kappa shape index (κ3) is 3.57. The van der Waals surface area contributed by atoms with Crippen molar-refractivity contribution in [3.05, 3.63) is 22.4 Å². The zero-order chi connectivity index (χ0) is 13.7. The van der Waals surface area contributed by atoms with E-state index in [1.165, 1.54) is 30.6 Å². The fourth-order valence-corrected chi connectivity index (χ4v) is 3.51. The summed E-state index contributed by atoms with van der Waals surface area (Å²) in [6.45, 7) is 4.88. The molecule has 1 N–H and O–H groups in total. The molecule has 4 heteroatoms. The maximum Gasteiger partial charge on any atom is 0.238 e. The van der Waals surface area contributed by atoms with Crippen molar-refractivity contribution in [1.29, 1.82) is 0 Å². The van der Waals surface area contributed by atoms with Gasteiger partial charge in [-0.25, -0.2) is 0 Å². The number of carbonyl (C=O) groups is 1. The van der Waals surface area contributed by atoms with Crippen LogP contribution in [0.4, 0.5) is 0 Å². The highest BCUT2D eigenvalue weighted by molar-refractivity contribution is 7.10. The molecule has 2 rings (SSSR count). The molecule has 1 saturated heterocycles. The molecular weight excluding hydrogens is 256 g/mol. The zero-order valence-corrected chi connectivity index (χ0v) is 12.7. The van der Waals surface area contributed by atoms with E-state index in [-0.39, 0.29) is 12.1 Å². The molecule has 1 aliphatic rings. The highest BCUT2D eigenvalue weighted by Crippen LogP contribution is 2.29. The Hall–Kier alpha value is -0.870. The number of nitrogens with one attached hydrogen (secondary N) is 1. The van der Waals surface area contributed by atoms with Crippen LogP contribution in [0.25, 0.3) is 0 Å². The van der Waals surface area contributed by atoms with Gasteiger partial charge in [-0.3, -0.25) is 10.1 Å².